The Morgan fingerprint density at radius 1 is 1.21 bits per heavy atom. The molecule has 2 aromatic rings. The number of nitrogens with zero attached hydrogens (tertiary/aromatic N) is 2. The highest BCUT2D eigenvalue weighted by molar-refractivity contribution is 6.30. The summed E-state index contributed by atoms with van der Waals surface area (Å²) < 4.78 is 13.4. The molecule has 0 aliphatic carbocycles. The molecule has 0 saturated heterocycles. The van der Waals surface area contributed by atoms with Crippen molar-refractivity contribution < 1.29 is 4.39 Å². The SMILES string of the molecule is Fc1cc(Cl)ccc1-c1cnccn1. The molecule has 0 unspecified atom stereocenters. The van der Waals surface area contributed by atoms with Crippen LogP contribution in [0.3, 0.4) is 0 Å². The summed E-state index contributed by atoms with van der Waals surface area (Å²) in [7, 11) is 0. The third kappa shape index (κ3) is 1.72. The van der Waals surface area contributed by atoms with Crippen LogP contribution in [-0.2, 0) is 0 Å². The van der Waals surface area contributed by atoms with E-state index < -0.39 is 5.82 Å². The molecule has 0 spiro atoms. The molecular formula is C10H6ClFN2. The van der Waals surface area contributed by atoms with Crippen LogP contribution in [0, 0.1) is 5.82 Å². The van der Waals surface area contributed by atoms with Gasteiger partial charge < -0.3 is 0 Å². The van der Waals surface area contributed by atoms with Crippen LogP contribution < -0.4 is 0 Å². The van der Waals surface area contributed by atoms with Gasteiger partial charge in [-0.15, -0.1) is 0 Å². The fourth-order valence-electron chi connectivity index (χ4n) is 1.14. The van der Waals surface area contributed by atoms with Crippen molar-refractivity contribution in [2.45, 2.75) is 0 Å². The number of benzene rings is 1. The minimum atomic E-state index is -0.391. The fraction of sp³-hybridized carbons (Fsp3) is 0. The lowest BCUT2D eigenvalue weighted by molar-refractivity contribution is 0.630. The second-order valence-electron chi connectivity index (χ2n) is 2.71. The van der Waals surface area contributed by atoms with Crippen LogP contribution in [0.4, 0.5) is 4.39 Å². The highest BCUT2D eigenvalue weighted by Gasteiger charge is 2.05. The quantitative estimate of drug-likeness (QED) is 0.720. The van der Waals surface area contributed by atoms with Gasteiger partial charge in [-0.25, -0.2) is 4.39 Å². The molecule has 0 fully saturated rings. The van der Waals surface area contributed by atoms with Crippen molar-refractivity contribution in [3.8, 4) is 11.3 Å². The van der Waals surface area contributed by atoms with Crippen molar-refractivity contribution in [2.24, 2.45) is 0 Å². The summed E-state index contributed by atoms with van der Waals surface area (Å²) in [4.78, 5) is 7.86. The van der Waals surface area contributed by atoms with E-state index in [-0.39, 0.29) is 0 Å². The number of halogens is 2. The van der Waals surface area contributed by atoms with Crippen molar-refractivity contribution in [3.63, 3.8) is 0 Å². The van der Waals surface area contributed by atoms with Gasteiger partial charge in [0, 0.05) is 23.0 Å². The monoisotopic (exact) mass is 208 g/mol. The average molecular weight is 209 g/mol. The lowest BCUT2D eigenvalue weighted by atomic mass is 10.1. The molecule has 1 aromatic carbocycles. The van der Waals surface area contributed by atoms with Gasteiger partial charge in [-0.05, 0) is 18.2 Å². The van der Waals surface area contributed by atoms with Crippen molar-refractivity contribution in [2.75, 3.05) is 0 Å². The first-order chi connectivity index (χ1) is 6.77. The van der Waals surface area contributed by atoms with Crippen molar-refractivity contribution in [1.82, 2.24) is 9.97 Å². The Labute approximate surface area is 85.4 Å². The molecular weight excluding hydrogens is 203 g/mol. The summed E-state index contributed by atoms with van der Waals surface area (Å²) in [6.45, 7) is 0. The maximum atomic E-state index is 13.4. The third-order valence-corrected chi connectivity index (χ3v) is 2.01. The lowest BCUT2D eigenvalue weighted by Crippen LogP contribution is -1.88. The van der Waals surface area contributed by atoms with Gasteiger partial charge in [0.1, 0.15) is 5.82 Å². The largest absolute Gasteiger partial charge is 0.261 e. The maximum Gasteiger partial charge on any atom is 0.134 e. The van der Waals surface area contributed by atoms with Gasteiger partial charge in [0.25, 0.3) is 0 Å². The van der Waals surface area contributed by atoms with E-state index in [0.717, 1.165) is 0 Å². The molecule has 2 nitrogen and oxygen atoms in total. The Morgan fingerprint density at radius 2 is 2.07 bits per heavy atom. The topological polar surface area (TPSA) is 25.8 Å². The Kier molecular flexibility index (Phi) is 2.41. The fourth-order valence-corrected chi connectivity index (χ4v) is 1.29. The number of aromatic nitrogens is 2. The van der Waals surface area contributed by atoms with Gasteiger partial charge >= 0.3 is 0 Å². The summed E-state index contributed by atoms with van der Waals surface area (Å²) in [6.07, 6.45) is 4.56. The molecule has 0 atom stereocenters. The van der Waals surface area contributed by atoms with Crippen LogP contribution in [-0.4, -0.2) is 9.97 Å². The molecule has 4 heteroatoms. The van der Waals surface area contributed by atoms with Crippen molar-refractivity contribution in [3.05, 3.63) is 47.6 Å². The van der Waals surface area contributed by atoms with E-state index in [9.17, 15) is 4.39 Å². The zero-order chi connectivity index (χ0) is 9.97. The smallest absolute Gasteiger partial charge is 0.134 e. The number of hydrogen-bond acceptors (Lipinski definition) is 2. The Balaban J connectivity index is 2.53. The third-order valence-electron chi connectivity index (χ3n) is 1.77. The zero-order valence-electron chi connectivity index (χ0n) is 7.11. The summed E-state index contributed by atoms with van der Waals surface area (Å²) in [5.74, 6) is -0.391. The molecule has 70 valence electrons. The van der Waals surface area contributed by atoms with Gasteiger partial charge in [-0.2, -0.15) is 0 Å². The minimum absolute atomic E-state index is 0.371. The molecule has 0 radical (unpaired) electrons. The summed E-state index contributed by atoms with van der Waals surface area (Å²) in [5.41, 5.74) is 0.907. The first-order valence-electron chi connectivity index (χ1n) is 3.99. The first kappa shape index (κ1) is 9.09. The van der Waals surface area contributed by atoms with Gasteiger partial charge in [0.2, 0.25) is 0 Å². The summed E-state index contributed by atoms with van der Waals surface area (Å²) >= 11 is 5.63. The van der Waals surface area contributed by atoms with E-state index in [2.05, 4.69) is 9.97 Å². The van der Waals surface area contributed by atoms with E-state index >= 15 is 0 Å². The van der Waals surface area contributed by atoms with E-state index in [1.54, 1.807) is 12.1 Å². The Hall–Kier alpha value is -1.48. The van der Waals surface area contributed by atoms with Crippen LogP contribution in [0.15, 0.2) is 36.8 Å². The molecule has 0 bridgehead atoms. The van der Waals surface area contributed by atoms with Crippen molar-refractivity contribution >= 4 is 11.6 Å². The molecule has 14 heavy (non-hydrogen) atoms. The molecule has 0 amide bonds. The maximum absolute atomic E-state index is 13.4. The van der Waals surface area contributed by atoms with Crippen LogP contribution in [0.25, 0.3) is 11.3 Å². The Morgan fingerprint density at radius 3 is 2.71 bits per heavy atom. The second-order valence-corrected chi connectivity index (χ2v) is 3.15. The summed E-state index contributed by atoms with van der Waals surface area (Å²) in [6, 6.07) is 4.46. The number of hydrogen-bond donors (Lipinski definition) is 0. The van der Waals surface area contributed by atoms with Crippen LogP contribution in [0.2, 0.25) is 5.02 Å². The van der Waals surface area contributed by atoms with Crippen molar-refractivity contribution in [1.29, 1.82) is 0 Å². The highest BCUT2D eigenvalue weighted by Crippen LogP contribution is 2.22. The average Bonchev–Trinajstić information content (AvgIpc) is 2.19. The van der Waals surface area contributed by atoms with Crippen LogP contribution >= 0.6 is 11.6 Å². The molecule has 0 aliphatic heterocycles. The van der Waals surface area contributed by atoms with Crippen LogP contribution in [0.5, 0.6) is 0 Å². The normalized spacial score (nSPS) is 10.1. The predicted octanol–water partition coefficient (Wildman–Crippen LogP) is 2.94. The first-order valence-corrected chi connectivity index (χ1v) is 4.36. The second kappa shape index (κ2) is 3.72. The standard InChI is InChI=1S/C10H6ClFN2/c11-7-1-2-8(9(12)5-7)10-6-13-3-4-14-10/h1-6H. The molecule has 0 aliphatic rings. The highest BCUT2D eigenvalue weighted by atomic mass is 35.5. The zero-order valence-corrected chi connectivity index (χ0v) is 7.87. The molecule has 1 heterocycles. The van der Waals surface area contributed by atoms with Gasteiger partial charge in [0.05, 0.1) is 11.9 Å². The van der Waals surface area contributed by atoms with E-state index in [1.165, 1.54) is 24.7 Å². The molecule has 2 rings (SSSR count). The Bertz CT molecular complexity index is 445. The van der Waals surface area contributed by atoms with Crippen LogP contribution in [0.1, 0.15) is 0 Å². The minimum Gasteiger partial charge on any atom is -0.261 e. The molecule has 0 saturated carbocycles. The summed E-state index contributed by atoms with van der Waals surface area (Å²) in [5, 5.41) is 0.371. The van der Waals surface area contributed by atoms with E-state index in [1.807, 2.05) is 0 Å². The lowest BCUT2D eigenvalue weighted by Gasteiger charge is -2.01. The van der Waals surface area contributed by atoms with E-state index in [4.69, 9.17) is 11.6 Å². The predicted molar refractivity (Wildman–Crippen MR) is 52.4 cm³/mol. The number of rotatable bonds is 1. The van der Waals surface area contributed by atoms with Gasteiger partial charge in [0.15, 0.2) is 0 Å². The van der Waals surface area contributed by atoms with E-state index in [0.29, 0.717) is 16.3 Å². The van der Waals surface area contributed by atoms with Gasteiger partial charge in [-0.1, -0.05) is 11.6 Å². The molecule has 1 aromatic heterocycles. The van der Waals surface area contributed by atoms with Gasteiger partial charge in [-0.3, -0.25) is 9.97 Å². The molecule has 0 N–H and O–H groups in total.